The summed E-state index contributed by atoms with van der Waals surface area (Å²) in [5.74, 6) is 2.23. The number of hydrogen-bond acceptors (Lipinski definition) is 4. The van der Waals surface area contributed by atoms with Crippen LogP contribution in [0.15, 0.2) is 4.79 Å². The Hall–Kier alpha value is -1.63. The number of nitrogens with one attached hydrogen (secondary N) is 1. The minimum Gasteiger partial charge on any atom is -0.342 e. The van der Waals surface area contributed by atoms with E-state index in [0.29, 0.717) is 19.1 Å². The summed E-state index contributed by atoms with van der Waals surface area (Å²) in [6.45, 7) is 5.85. The summed E-state index contributed by atoms with van der Waals surface area (Å²) in [6.07, 6.45) is 5.70. The molecule has 7 nitrogen and oxygen atoms in total. The van der Waals surface area contributed by atoms with Crippen LogP contribution in [0.3, 0.4) is 0 Å². The number of aromatic amines is 1. The van der Waals surface area contributed by atoms with Gasteiger partial charge in [0.1, 0.15) is 5.82 Å². The predicted molar refractivity (Wildman–Crippen MR) is 89.8 cm³/mol. The largest absolute Gasteiger partial charge is 0.343 e. The van der Waals surface area contributed by atoms with Crippen molar-refractivity contribution < 1.29 is 4.79 Å². The highest BCUT2D eigenvalue weighted by Crippen LogP contribution is 2.37. The Morgan fingerprint density at radius 3 is 2.67 bits per heavy atom. The molecule has 3 aliphatic rings. The molecule has 2 aliphatic heterocycles. The fourth-order valence-electron chi connectivity index (χ4n) is 4.83. The normalized spacial score (nSPS) is 28.0. The highest BCUT2D eigenvalue weighted by Gasteiger charge is 2.39. The second-order valence-corrected chi connectivity index (χ2v) is 7.55. The van der Waals surface area contributed by atoms with E-state index in [9.17, 15) is 9.59 Å². The number of aromatic nitrogens is 3. The maximum Gasteiger partial charge on any atom is 0.343 e. The first-order valence-electron chi connectivity index (χ1n) is 9.32. The summed E-state index contributed by atoms with van der Waals surface area (Å²) in [7, 11) is 0. The lowest BCUT2D eigenvalue weighted by Gasteiger charge is -2.34. The highest BCUT2D eigenvalue weighted by atomic mass is 16.2. The minimum absolute atomic E-state index is 0.130. The molecule has 0 radical (unpaired) electrons. The highest BCUT2D eigenvalue weighted by molar-refractivity contribution is 5.78. The average molecular weight is 333 g/mol. The van der Waals surface area contributed by atoms with E-state index < -0.39 is 0 Å². The van der Waals surface area contributed by atoms with E-state index in [2.05, 4.69) is 15.1 Å². The van der Waals surface area contributed by atoms with E-state index in [1.807, 2.05) is 11.8 Å². The summed E-state index contributed by atoms with van der Waals surface area (Å²) < 4.78 is 1.71. The first kappa shape index (κ1) is 15.9. The van der Waals surface area contributed by atoms with Gasteiger partial charge >= 0.3 is 5.69 Å². The summed E-state index contributed by atoms with van der Waals surface area (Å²) in [5.41, 5.74) is -0.130. The van der Waals surface area contributed by atoms with Crippen LogP contribution in [0, 0.1) is 5.92 Å². The van der Waals surface area contributed by atoms with Gasteiger partial charge in [0.05, 0.1) is 6.54 Å². The standard InChI is InChI=1S/C17H27N5O2/c1-2-22-16(18-19-17(22)24)13-5-7-20(8-6-13)15(23)11-21-10-12-3-4-14(21)9-12/h12-14H,2-11H2,1H3,(H,19,24)/t12-,14+/m1/s1. The maximum absolute atomic E-state index is 12.6. The van der Waals surface area contributed by atoms with Crippen molar-refractivity contribution in [2.75, 3.05) is 26.2 Å². The molecular formula is C17H27N5O2. The van der Waals surface area contributed by atoms with Crippen LogP contribution >= 0.6 is 0 Å². The molecule has 3 heterocycles. The fraction of sp³-hybridized carbons (Fsp3) is 0.824. The number of H-pyrrole nitrogens is 1. The second kappa shape index (κ2) is 6.35. The molecule has 1 N–H and O–H groups in total. The van der Waals surface area contributed by atoms with Gasteiger partial charge in [-0.1, -0.05) is 0 Å². The van der Waals surface area contributed by atoms with E-state index in [4.69, 9.17) is 0 Å². The van der Waals surface area contributed by atoms with E-state index in [1.54, 1.807) is 4.57 Å². The van der Waals surface area contributed by atoms with Crippen molar-refractivity contribution in [3.63, 3.8) is 0 Å². The molecule has 0 spiro atoms. The molecule has 1 aromatic rings. The van der Waals surface area contributed by atoms with E-state index in [1.165, 1.54) is 19.3 Å². The van der Waals surface area contributed by atoms with Gasteiger partial charge in [-0.2, -0.15) is 5.10 Å². The van der Waals surface area contributed by atoms with Crippen molar-refractivity contribution in [3.05, 3.63) is 16.3 Å². The van der Waals surface area contributed by atoms with E-state index >= 15 is 0 Å². The van der Waals surface area contributed by atoms with Crippen LogP contribution in [0.2, 0.25) is 0 Å². The summed E-state index contributed by atoms with van der Waals surface area (Å²) in [5, 5.41) is 6.76. The van der Waals surface area contributed by atoms with Crippen molar-refractivity contribution in [2.45, 2.75) is 57.5 Å². The van der Waals surface area contributed by atoms with Gasteiger partial charge in [0, 0.05) is 38.1 Å². The molecule has 1 saturated carbocycles. The zero-order valence-corrected chi connectivity index (χ0v) is 14.4. The molecule has 24 heavy (non-hydrogen) atoms. The van der Waals surface area contributed by atoms with Crippen molar-refractivity contribution >= 4 is 5.91 Å². The SMILES string of the molecule is CCn1c(C2CCN(C(=O)CN3C[C@@H]4CC[C@H]3C4)CC2)n[nH]c1=O. The zero-order valence-electron chi connectivity index (χ0n) is 14.4. The Kier molecular flexibility index (Phi) is 4.20. The molecule has 2 atom stereocenters. The van der Waals surface area contributed by atoms with Crippen LogP contribution in [-0.4, -0.2) is 62.7 Å². The third-order valence-electron chi connectivity index (χ3n) is 6.18. The fourth-order valence-corrected chi connectivity index (χ4v) is 4.83. The topological polar surface area (TPSA) is 74.2 Å². The summed E-state index contributed by atoms with van der Waals surface area (Å²) in [6, 6.07) is 0.652. The smallest absolute Gasteiger partial charge is 0.342 e. The number of carbonyl (C=O) groups excluding carboxylic acids is 1. The maximum atomic E-state index is 12.6. The van der Waals surface area contributed by atoms with Gasteiger partial charge < -0.3 is 4.90 Å². The number of rotatable bonds is 4. The molecule has 7 heteroatoms. The minimum atomic E-state index is -0.130. The second-order valence-electron chi connectivity index (χ2n) is 7.55. The number of piperidine rings is 2. The van der Waals surface area contributed by atoms with Crippen LogP contribution in [-0.2, 0) is 11.3 Å². The Labute approximate surface area is 142 Å². The van der Waals surface area contributed by atoms with Crippen LogP contribution in [0.25, 0.3) is 0 Å². The number of fused-ring (bicyclic) bond motifs is 2. The number of likely N-dealkylation sites (tertiary alicyclic amines) is 2. The zero-order chi connectivity index (χ0) is 16.7. The molecule has 1 amide bonds. The molecular weight excluding hydrogens is 306 g/mol. The van der Waals surface area contributed by atoms with Crippen molar-refractivity contribution in [3.8, 4) is 0 Å². The van der Waals surface area contributed by atoms with Crippen LogP contribution in [0.5, 0.6) is 0 Å². The Bertz CT molecular complexity index is 658. The summed E-state index contributed by atoms with van der Waals surface area (Å²) in [4.78, 5) is 28.7. The quantitative estimate of drug-likeness (QED) is 0.884. The molecule has 0 aromatic carbocycles. The summed E-state index contributed by atoms with van der Waals surface area (Å²) >= 11 is 0. The van der Waals surface area contributed by atoms with Crippen LogP contribution in [0.1, 0.15) is 50.8 Å². The predicted octanol–water partition coefficient (Wildman–Crippen LogP) is 0.782. The van der Waals surface area contributed by atoms with Crippen molar-refractivity contribution in [1.82, 2.24) is 24.6 Å². The average Bonchev–Trinajstić information content (AvgIpc) is 3.30. The van der Waals surface area contributed by atoms with Crippen LogP contribution in [0.4, 0.5) is 0 Å². The molecule has 4 rings (SSSR count). The first-order chi connectivity index (χ1) is 11.7. The number of hydrogen-bond donors (Lipinski definition) is 1. The van der Waals surface area contributed by atoms with Crippen LogP contribution < -0.4 is 5.69 Å². The third-order valence-corrected chi connectivity index (χ3v) is 6.18. The number of nitrogens with zero attached hydrogens (tertiary/aromatic N) is 4. The Balaban J connectivity index is 1.32. The van der Waals surface area contributed by atoms with Crippen molar-refractivity contribution in [2.24, 2.45) is 5.92 Å². The van der Waals surface area contributed by atoms with Crippen molar-refractivity contribution in [1.29, 1.82) is 0 Å². The Morgan fingerprint density at radius 1 is 1.25 bits per heavy atom. The molecule has 0 unspecified atom stereocenters. The molecule has 2 bridgehead atoms. The molecule has 1 aromatic heterocycles. The van der Waals surface area contributed by atoms with Gasteiger partial charge in [-0.15, -0.1) is 0 Å². The lowest BCUT2D eigenvalue weighted by molar-refractivity contribution is -0.133. The van der Waals surface area contributed by atoms with E-state index in [-0.39, 0.29) is 17.5 Å². The van der Waals surface area contributed by atoms with Gasteiger partial charge in [-0.25, -0.2) is 9.89 Å². The first-order valence-corrected chi connectivity index (χ1v) is 9.32. The van der Waals surface area contributed by atoms with Gasteiger partial charge in [0.15, 0.2) is 0 Å². The number of amides is 1. The molecule has 1 aliphatic carbocycles. The Morgan fingerprint density at radius 2 is 2.04 bits per heavy atom. The third kappa shape index (κ3) is 2.79. The molecule has 3 fully saturated rings. The number of carbonyl (C=O) groups is 1. The van der Waals surface area contributed by atoms with Gasteiger partial charge in [-0.05, 0) is 44.9 Å². The monoisotopic (exact) mass is 333 g/mol. The van der Waals surface area contributed by atoms with Gasteiger partial charge in [0.25, 0.3) is 0 Å². The molecule has 2 saturated heterocycles. The lowest BCUT2D eigenvalue weighted by atomic mass is 9.95. The van der Waals surface area contributed by atoms with E-state index in [0.717, 1.165) is 44.2 Å². The van der Waals surface area contributed by atoms with Gasteiger partial charge in [0.2, 0.25) is 5.91 Å². The lowest BCUT2D eigenvalue weighted by Crippen LogP contribution is -2.46. The molecule has 132 valence electrons. The van der Waals surface area contributed by atoms with Gasteiger partial charge in [-0.3, -0.25) is 14.3 Å².